The standard InChI is InChI=1S/C29H46N2O4/c1-7-8-13-23(27(33)34)30-26(32)24(16-19(2)3)31-35-18-21-11-9-10-12-22(21)29-17-20(4)14-15-25(29)28(29,5)6/h9-12,19-20,23-25,31H,7-8,13-18H2,1-6H3,(H,30,32)(H,33,34)/t20?,23-,24-,25?,29?/m0/s1. The predicted molar refractivity (Wildman–Crippen MR) is 139 cm³/mol. The van der Waals surface area contributed by atoms with E-state index in [0.29, 0.717) is 31.3 Å². The molecule has 0 heterocycles. The van der Waals surface area contributed by atoms with Gasteiger partial charge in [-0.3, -0.25) is 9.63 Å². The lowest BCUT2D eigenvalue weighted by Crippen LogP contribution is -2.50. The summed E-state index contributed by atoms with van der Waals surface area (Å²) in [6.07, 6.45) is 6.42. The Balaban J connectivity index is 1.69. The lowest BCUT2D eigenvalue weighted by molar-refractivity contribution is -0.143. The second-order valence-electron chi connectivity index (χ2n) is 11.9. The summed E-state index contributed by atoms with van der Waals surface area (Å²) < 4.78 is 0. The van der Waals surface area contributed by atoms with Gasteiger partial charge in [-0.15, -0.1) is 0 Å². The van der Waals surface area contributed by atoms with Gasteiger partial charge in [0.15, 0.2) is 0 Å². The van der Waals surface area contributed by atoms with Crippen molar-refractivity contribution >= 4 is 11.9 Å². The number of hydrogen-bond acceptors (Lipinski definition) is 4. The Labute approximate surface area is 211 Å². The molecule has 3 unspecified atom stereocenters. The van der Waals surface area contributed by atoms with Crippen molar-refractivity contribution in [3.63, 3.8) is 0 Å². The van der Waals surface area contributed by atoms with Crippen LogP contribution in [0.1, 0.15) is 97.6 Å². The summed E-state index contributed by atoms with van der Waals surface area (Å²) >= 11 is 0. The number of carboxylic acid groups (broad SMARTS) is 1. The van der Waals surface area contributed by atoms with Crippen molar-refractivity contribution < 1.29 is 19.5 Å². The zero-order valence-corrected chi connectivity index (χ0v) is 22.5. The van der Waals surface area contributed by atoms with Crippen LogP contribution in [0.3, 0.4) is 0 Å². The van der Waals surface area contributed by atoms with E-state index in [4.69, 9.17) is 4.84 Å². The highest BCUT2D eigenvalue weighted by Crippen LogP contribution is 2.76. The van der Waals surface area contributed by atoms with E-state index < -0.39 is 18.1 Å². The van der Waals surface area contributed by atoms with Gasteiger partial charge in [-0.05, 0) is 60.0 Å². The lowest BCUT2D eigenvalue weighted by Gasteiger charge is -2.30. The fourth-order valence-corrected chi connectivity index (χ4v) is 6.65. The Morgan fingerprint density at radius 2 is 1.89 bits per heavy atom. The fourth-order valence-electron chi connectivity index (χ4n) is 6.65. The number of carbonyl (C=O) groups excluding carboxylic acids is 1. The number of carboxylic acids is 1. The molecule has 1 aromatic rings. The normalized spacial score (nSPS) is 26.6. The van der Waals surface area contributed by atoms with Crippen molar-refractivity contribution in [1.82, 2.24) is 10.8 Å². The van der Waals surface area contributed by atoms with Gasteiger partial charge in [0, 0.05) is 5.41 Å². The van der Waals surface area contributed by atoms with Crippen molar-refractivity contribution in [3.05, 3.63) is 35.4 Å². The molecule has 35 heavy (non-hydrogen) atoms. The van der Waals surface area contributed by atoms with E-state index in [9.17, 15) is 14.7 Å². The molecule has 2 aliphatic rings. The van der Waals surface area contributed by atoms with Gasteiger partial charge in [0.1, 0.15) is 12.1 Å². The Kier molecular flexibility index (Phi) is 9.03. The second-order valence-corrected chi connectivity index (χ2v) is 11.9. The van der Waals surface area contributed by atoms with Crippen LogP contribution >= 0.6 is 0 Å². The molecule has 2 fully saturated rings. The number of rotatable bonds is 13. The molecular weight excluding hydrogens is 440 g/mol. The zero-order valence-electron chi connectivity index (χ0n) is 22.5. The van der Waals surface area contributed by atoms with Crippen LogP contribution in [0.15, 0.2) is 24.3 Å². The van der Waals surface area contributed by atoms with Gasteiger partial charge in [0.2, 0.25) is 5.91 Å². The van der Waals surface area contributed by atoms with Crippen LogP contribution in [0.4, 0.5) is 0 Å². The summed E-state index contributed by atoms with van der Waals surface area (Å²) in [5.41, 5.74) is 6.02. The maximum atomic E-state index is 13.0. The third-order valence-corrected chi connectivity index (χ3v) is 8.59. The van der Waals surface area contributed by atoms with E-state index in [1.54, 1.807) is 0 Å². The summed E-state index contributed by atoms with van der Waals surface area (Å²) in [5, 5.41) is 12.2. The number of nitrogens with one attached hydrogen (secondary N) is 2. The lowest BCUT2D eigenvalue weighted by atomic mass is 9.74. The summed E-state index contributed by atoms with van der Waals surface area (Å²) in [4.78, 5) is 30.5. The van der Waals surface area contributed by atoms with Gasteiger partial charge >= 0.3 is 5.97 Å². The molecule has 0 bridgehead atoms. The number of unbranched alkanes of at least 4 members (excludes halogenated alkanes) is 1. The predicted octanol–water partition coefficient (Wildman–Crippen LogP) is 5.60. The molecule has 0 aromatic heterocycles. The van der Waals surface area contributed by atoms with Crippen LogP contribution in [-0.4, -0.2) is 29.1 Å². The molecule has 0 radical (unpaired) electrons. The smallest absolute Gasteiger partial charge is 0.326 e. The van der Waals surface area contributed by atoms with E-state index in [2.05, 4.69) is 55.8 Å². The SMILES string of the molecule is CCCC[C@H](NC(=O)[C@H](CC(C)C)NOCc1ccccc1C12CC(C)CCC1C2(C)C)C(=O)O. The first-order valence-corrected chi connectivity index (χ1v) is 13.5. The van der Waals surface area contributed by atoms with E-state index in [1.807, 2.05) is 20.8 Å². The minimum absolute atomic E-state index is 0.202. The van der Waals surface area contributed by atoms with Crippen LogP contribution in [0.2, 0.25) is 0 Å². The number of carbonyl (C=O) groups is 2. The van der Waals surface area contributed by atoms with Gasteiger partial charge < -0.3 is 10.4 Å². The van der Waals surface area contributed by atoms with Crippen LogP contribution in [0.25, 0.3) is 0 Å². The topological polar surface area (TPSA) is 87.7 Å². The first kappa shape index (κ1) is 27.7. The van der Waals surface area contributed by atoms with Crippen LogP contribution in [-0.2, 0) is 26.4 Å². The molecule has 3 N–H and O–H groups in total. The summed E-state index contributed by atoms with van der Waals surface area (Å²) in [6.45, 7) is 13.7. The first-order chi connectivity index (χ1) is 16.5. The number of fused-ring (bicyclic) bond motifs is 1. The number of amides is 1. The van der Waals surface area contributed by atoms with Crippen LogP contribution in [0, 0.1) is 23.2 Å². The van der Waals surface area contributed by atoms with Crippen molar-refractivity contribution in [1.29, 1.82) is 0 Å². The monoisotopic (exact) mass is 486 g/mol. The fraction of sp³-hybridized carbons (Fsp3) is 0.724. The molecule has 2 saturated carbocycles. The Bertz CT molecular complexity index is 883. The zero-order chi connectivity index (χ0) is 25.8. The molecule has 1 aromatic carbocycles. The van der Waals surface area contributed by atoms with Gasteiger partial charge in [-0.1, -0.05) is 85.1 Å². The summed E-state index contributed by atoms with van der Waals surface area (Å²) in [7, 11) is 0. The molecule has 0 spiro atoms. The van der Waals surface area contributed by atoms with E-state index in [1.165, 1.54) is 30.4 Å². The molecule has 196 valence electrons. The average Bonchev–Trinajstić information content (AvgIpc) is 3.30. The highest BCUT2D eigenvalue weighted by Gasteiger charge is 2.72. The van der Waals surface area contributed by atoms with Gasteiger partial charge in [0.25, 0.3) is 0 Å². The van der Waals surface area contributed by atoms with E-state index >= 15 is 0 Å². The van der Waals surface area contributed by atoms with Crippen molar-refractivity contribution in [2.75, 3.05) is 0 Å². The summed E-state index contributed by atoms with van der Waals surface area (Å²) in [6, 6.07) is 7.10. The van der Waals surface area contributed by atoms with E-state index in [0.717, 1.165) is 12.8 Å². The molecule has 2 aliphatic carbocycles. The quantitative estimate of drug-likeness (QED) is 0.316. The second kappa shape index (κ2) is 11.4. The summed E-state index contributed by atoms with van der Waals surface area (Å²) in [5.74, 6) is 0.361. The Morgan fingerprint density at radius 3 is 2.54 bits per heavy atom. The van der Waals surface area contributed by atoms with Gasteiger partial charge in [-0.2, -0.15) is 5.48 Å². The average molecular weight is 487 g/mol. The number of aliphatic carboxylic acids is 1. The third-order valence-electron chi connectivity index (χ3n) is 8.59. The minimum atomic E-state index is -0.993. The largest absolute Gasteiger partial charge is 0.480 e. The van der Waals surface area contributed by atoms with Crippen molar-refractivity contribution in [2.45, 2.75) is 111 Å². The van der Waals surface area contributed by atoms with Crippen LogP contribution < -0.4 is 10.8 Å². The maximum Gasteiger partial charge on any atom is 0.326 e. The Morgan fingerprint density at radius 1 is 1.17 bits per heavy atom. The van der Waals surface area contributed by atoms with E-state index in [-0.39, 0.29) is 22.7 Å². The first-order valence-electron chi connectivity index (χ1n) is 13.5. The minimum Gasteiger partial charge on any atom is -0.480 e. The third kappa shape index (κ3) is 5.91. The highest BCUT2D eigenvalue weighted by atomic mass is 16.6. The molecule has 0 saturated heterocycles. The van der Waals surface area contributed by atoms with Crippen molar-refractivity contribution in [2.24, 2.45) is 23.2 Å². The molecule has 5 atom stereocenters. The van der Waals surface area contributed by atoms with Gasteiger partial charge in [0.05, 0.1) is 6.61 Å². The number of hydrogen-bond donors (Lipinski definition) is 3. The molecule has 0 aliphatic heterocycles. The van der Waals surface area contributed by atoms with Gasteiger partial charge in [-0.25, -0.2) is 4.79 Å². The highest BCUT2D eigenvalue weighted by molar-refractivity contribution is 5.86. The van der Waals surface area contributed by atoms with Crippen LogP contribution in [0.5, 0.6) is 0 Å². The van der Waals surface area contributed by atoms with Crippen molar-refractivity contribution in [3.8, 4) is 0 Å². The number of hydroxylamine groups is 1. The Hall–Kier alpha value is -1.92. The number of benzene rings is 1. The molecular formula is C29H46N2O4. The molecule has 6 heteroatoms. The molecule has 1 amide bonds. The maximum absolute atomic E-state index is 13.0. The molecule has 6 nitrogen and oxygen atoms in total. The molecule has 3 rings (SSSR count).